The molecule has 0 bridgehead atoms. The maximum Gasteiger partial charge on any atom is 0.225 e. The van der Waals surface area contributed by atoms with Crippen LogP contribution in [0.15, 0.2) is 30.3 Å². The molecule has 1 aliphatic rings. The van der Waals surface area contributed by atoms with Crippen molar-refractivity contribution in [2.24, 2.45) is 5.73 Å². The lowest BCUT2D eigenvalue weighted by Crippen LogP contribution is -2.45. The van der Waals surface area contributed by atoms with Gasteiger partial charge in [-0.2, -0.15) is 0 Å². The number of carbonyl (C=O) groups excluding carboxylic acids is 1. The van der Waals surface area contributed by atoms with Crippen LogP contribution in [0.25, 0.3) is 0 Å². The zero-order valence-corrected chi connectivity index (χ0v) is 10.7. The van der Waals surface area contributed by atoms with Gasteiger partial charge in [-0.25, -0.2) is 0 Å². The molecule has 1 heterocycles. The molecule has 2 rings (SSSR count). The van der Waals surface area contributed by atoms with Crippen molar-refractivity contribution in [3.63, 3.8) is 0 Å². The van der Waals surface area contributed by atoms with Crippen molar-refractivity contribution in [3.8, 4) is 0 Å². The van der Waals surface area contributed by atoms with Gasteiger partial charge in [0.25, 0.3) is 0 Å². The fourth-order valence-electron chi connectivity index (χ4n) is 2.60. The third-order valence-electron chi connectivity index (χ3n) is 3.23. The van der Waals surface area contributed by atoms with Crippen molar-refractivity contribution < 1.29 is 4.79 Å². The Balaban J connectivity index is 2.40. The van der Waals surface area contributed by atoms with Gasteiger partial charge in [-0.1, -0.05) is 30.3 Å². The van der Waals surface area contributed by atoms with Crippen LogP contribution in [0.3, 0.4) is 0 Å². The first-order chi connectivity index (χ1) is 7.91. The summed E-state index contributed by atoms with van der Waals surface area (Å²) >= 11 is 0. The summed E-state index contributed by atoms with van der Waals surface area (Å²) in [5, 5.41) is 0. The molecular formula is C14H20N2O. The SMILES string of the molecule is CC(C)(C)N1C(=O)CC(N)C1c1ccccc1. The Morgan fingerprint density at radius 3 is 2.35 bits per heavy atom. The van der Waals surface area contributed by atoms with Gasteiger partial charge in [-0.15, -0.1) is 0 Å². The Hall–Kier alpha value is -1.35. The smallest absolute Gasteiger partial charge is 0.225 e. The Bertz CT molecular complexity index is 408. The monoisotopic (exact) mass is 232 g/mol. The summed E-state index contributed by atoms with van der Waals surface area (Å²) in [5.41, 5.74) is 7.06. The van der Waals surface area contributed by atoms with Gasteiger partial charge in [0.1, 0.15) is 0 Å². The zero-order chi connectivity index (χ0) is 12.6. The van der Waals surface area contributed by atoms with E-state index in [1.165, 1.54) is 0 Å². The summed E-state index contributed by atoms with van der Waals surface area (Å²) in [6, 6.07) is 9.95. The van der Waals surface area contributed by atoms with Crippen LogP contribution in [0.2, 0.25) is 0 Å². The number of likely N-dealkylation sites (tertiary alicyclic amines) is 1. The molecule has 3 heteroatoms. The van der Waals surface area contributed by atoms with Crippen LogP contribution in [-0.2, 0) is 4.79 Å². The largest absolute Gasteiger partial charge is 0.329 e. The van der Waals surface area contributed by atoms with E-state index in [2.05, 4.69) is 20.8 Å². The molecule has 1 aromatic carbocycles. The lowest BCUT2D eigenvalue weighted by atomic mass is 9.97. The van der Waals surface area contributed by atoms with Gasteiger partial charge in [0.2, 0.25) is 5.91 Å². The molecule has 92 valence electrons. The molecule has 2 unspecified atom stereocenters. The molecule has 0 saturated carbocycles. The Kier molecular flexibility index (Phi) is 2.96. The van der Waals surface area contributed by atoms with E-state index in [1.54, 1.807) is 0 Å². The van der Waals surface area contributed by atoms with Gasteiger partial charge in [-0.3, -0.25) is 4.79 Å². The molecule has 0 aromatic heterocycles. The molecule has 2 atom stereocenters. The van der Waals surface area contributed by atoms with Crippen LogP contribution in [0, 0.1) is 0 Å². The lowest BCUT2D eigenvalue weighted by molar-refractivity contribution is -0.133. The predicted molar refractivity (Wildman–Crippen MR) is 68.4 cm³/mol. The second kappa shape index (κ2) is 4.15. The molecule has 0 radical (unpaired) electrons. The van der Waals surface area contributed by atoms with Gasteiger partial charge >= 0.3 is 0 Å². The fourth-order valence-corrected chi connectivity index (χ4v) is 2.60. The van der Waals surface area contributed by atoms with E-state index in [9.17, 15) is 4.79 Å². The molecule has 2 N–H and O–H groups in total. The van der Waals surface area contributed by atoms with Gasteiger partial charge < -0.3 is 10.6 Å². The maximum atomic E-state index is 12.1. The van der Waals surface area contributed by atoms with E-state index in [-0.39, 0.29) is 23.5 Å². The molecule has 3 nitrogen and oxygen atoms in total. The first-order valence-corrected chi connectivity index (χ1v) is 6.04. The Labute approximate surface area is 103 Å². The van der Waals surface area contributed by atoms with E-state index in [0.717, 1.165) is 5.56 Å². The number of nitrogens with two attached hydrogens (primary N) is 1. The number of hydrogen-bond acceptors (Lipinski definition) is 2. The Morgan fingerprint density at radius 2 is 1.82 bits per heavy atom. The average Bonchev–Trinajstić information content (AvgIpc) is 2.54. The van der Waals surface area contributed by atoms with E-state index in [1.807, 2.05) is 35.2 Å². The molecular weight excluding hydrogens is 212 g/mol. The summed E-state index contributed by atoms with van der Waals surface area (Å²) < 4.78 is 0. The van der Waals surface area contributed by atoms with Gasteiger partial charge in [0, 0.05) is 18.0 Å². The third kappa shape index (κ3) is 2.20. The first kappa shape index (κ1) is 12.1. The number of carbonyl (C=O) groups is 1. The zero-order valence-electron chi connectivity index (χ0n) is 10.7. The van der Waals surface area contributed by atoms with Crippen LogP contribution in [0.5, 0.6) is 0 Å². The van der Waals surface area contributed by atoms with Crippen LogP contribution in [0.1, 0.15) is 38.8 Å². The van der Waals surface area contributed by atoms with Crippen LogP contribution >= 0.6 is 0 Å². The summed E-state index contributed by atoms with van der Waals surface area (Å²) in [6.07, 6.45) is 0.441. The number of hydrogen-bond donors (Lipinski definition) is 1. The average molecular weight is 232 g/mol. The predicted octanol–water partition coefficient (Wildman–Crippen LogP) is 2.09. The molecule has 0 aliphatic carbocycles. The topological polar surface area (TPSA) is 46.3 Å². The summed E-state index contributed by atoms with van der Waals surface area (Å²) in [4.78, 5) is 14.0. The van der Waals surface area contributed by atoms with Gasteiger partial charge in [0.05, 0.1) is 6.04 Å². The van der Waals surface area contributed by atoms with Crippen LogP contribution in [0.4, 0.5) is 0 Å². The summed E-state index contributed by atoms with van der Waals surface area (Å²) in [5.74, 6) is 0.152. The van der Waals surface area contributed by atoms with E-state index in [0.29, 0.717) is 6.42 Å². The maximum absolute atomic E-state index is 12.1. The van der Waals surface area contributed by atoms with Gasteiger partial charge in [0.15, 0.2) is 0 Å². The van der Waals surface area contributed by atoms with E-state index < -0.39 is 0 Å². The quantitative estimate of drug-likeness (QED) is 0.806. The molecule has 1 amide bonds. The minimum Gasteiger partial charge on any atom is -0.329 e. The second-order valence-corrected chi connectivity index (χ2v) is 5.66. The number of benzene rings is 1. The minimum atomic E-state index is -0.189. The van der Waals surface area contributed by atoms with Crippen LogP contribution < -0.4 is 5.73 Å². The van der Waals surface area contributed by atoms with Gasteiger partial charge in [-0.05, 0) is 26.3 Å². The van der Waals surface area contributed by atoms with E-state index in [4.69, 9.17) is 5.73 Å². The number of nitrogens with zero attached hydrogens (tertiary/aromatic N) is 1. The fraction of sp³-hybridized carbons (Fsp3) is 0.500. The summed E-state index contributed by atoms with van der Waals surface area (Å²) in [7, 11) is 0. The number of amides is 1. The van der Waals surface area contributed by atoms with Crippen molar-refractivity contribution in [2.45, 2.75) is 44.8 Å². The minimum absolute atomic E-state index is 0.00343. The molecule has 1 saturated heterocycles. The van der Waals surface area contributed by atoms with Crippen molar-refractivity contribution in [3.05, 3.63) is 35.9 Å². The van der Waals surface area contributed by atoms with Crippen molar-refractivity contribution in [1.82, 2.24) is 4.90 Å². The molecule has 1 aliphatic heterocycles. The standard InChI is InChI=1S/C14H20N2O/c1-14(2,3)16-12(17)9-11(15)13(16)10-7-5-4-6-8-10/h4-8,11,13H,9,15H2,1-3H3. The molecule has 1 fully saturated rings. The highest BCUT2D eigenvalue weighted by Crippen LogP contribution is 2.37. The normalized spacial score (nSPS) is 25.4. The Morgan fingerprint density at radius 1 is 1.24 bits per heavy atom. The van der Waals surface area contributed by atoms with Crippen molar-refractivity contribution >= 4 is 5.91 Å². The van der Waals surface area contributed by atoms with Crippen molar-refractivity contribution in [2.75, 3.05) is 0 Å². The molecule has 17 heavy (non-hydrogen) atoms. The molecule has 0 spiro atoms. The highest BCUT2D eigenvalue weighted by Gasteiger charge is 2.43. The molecule has 1 aromatic rings. The highest BCUT2D eigenvalue weighted by molar-refractivity contribution is 5.81. The first-order valence-electron chi connectivity index (χ1n) is 6.04. The second-order valence-electron chi connectivity index (χ2n) is 5.66. The number of rotatable bonds is 1. The van der Waals surface area contributed by atoms with E-state index >= 15 is 0 Å². The van der Waals surface area contributed by atoms with Crippen LogP contribution in [-0.4, -0.2) is 22.4 Å². The highest BCUT2D eigenvalue weighted by atomic mass is 16.2. The lowest BCUT2D eigenvalue weighted by Gasteiger charge is -2.38. The summed E-state index contributed by atoms with van der Waals surface area (Å²) in [6.45, 7) is 6.16. The third-order valence-corrected chi connectivity index (χ3v) is 3.23. The van der Waals surface area contributed by atoms with Crippen molar-refractivity contribution in [1.29, 1.82) is 0 Å².